The Kier molecular flexibility index (Phi) is 6.31. The topological polar surface area (TPSA) is 61.9 Å². The van der Waals surface area contributed by atoms with Crippen molar-refractivity contribution >= 4 is 23.2 Å². The van der Waals surface area contributed by atoms with Gasteiger partial charge < -0.3 is 4.98 Å². The van der Waals surface area contributed by atoms with Crippen LogP contribution in [0.5, 0.6) is 0 Å². The normalized spacial score (nSPS) is 17.3. The molecule has 5 nitrogen and oxygen atoms in total. The number of benzene rings is 1. The van der Waals surface area contributed by atoms with Crippen molar-refractivity contribution in [3.05, 3.63) is 79.6 Å². The maximum absolute atomic E-state index is 12.8. The smallest absolute Gasteiger partial charge is 0.255 e. The van der Waals surface area contributed by atoms with E-state index in [2.05, 4.69) is 20.9 Å². The molecular weight excluding hydrogens is 443 g/mol. The van der Waals surface area contributed by atoms with Crippen molar-refractivity contribution in [1.29, 1.82) is 0 Å². The van der Waals surface area contributed by atoms with Gasteiger partial charge in [0.15, 0.2) is 0 Å². The molecule has 0 saturated heterocycles. The molecule has 5 rings (SSSR count). The number of fused-ring (bicyclic) bond motifs is 1. The molecule has 7 heteroatoms. The van der Waals surface area contributed by atoms with E-state index >= 15 is 0 Å². The summed E-state index contributed by atoms with van der Waals surface area (Å²) in [5.41, 5.74) is 4.66. The van der Waals surface area contributed by atoms with Crippen molar-refractivity contribution in [2.75, 3.05) is 6.54 Å². The zero-order valence-electron chi connectivity index (χ0n) is 17.9. The van der Waals surface area contributed by atoms with Crippen molar-refractivity contribution < 1.29 is 0 Å². The first kappa shape index (κ1) is 21.6. The number of nitrogens with zero attached hydrogens (tertiary/aromatic N) is 3. The Hall–Kier alpha value is -2.21. The standard InChI is InChI=1S/C25H26Cl2N4O/c26-19-10-18(11-20(27)12-19)22-7-6-16(13-28-22)14-31-9-8-23-21(15-31)25(32)30-24(29-23)17-4-2-1-3-5-17/h6-7,10-13,17H,1-5,8-9,14-15H2,(H,29,30,32). The van der Waals surface area contributed by atoms with Crippen molar-refractivity contribution in [1.82, 2.24) is 19.9 Å². The van der Waals surface area contributed by atoms with E-state index in [1.807, 2.05) is 24.4 Å². The predicted molar refractivity (Wildman–Crippen MR) is 128 cm³/mol. The van der Waals surface area contributed by atoms with E-state index in [0.717, 1.165) is 66.3 Å². The third kappa shape index (κ3) is 4.75. The zero-order valence-corrected chi connectivity index (χ0v) is 19.4. The van der Waals surface area contributed by atoms with Gasteiger partial charge in [-0.15, -0.1) is 0 Å². The lowest BCUT2D eigenvalue weighted by Crippen LogP contribution is -2.36. The second-order valence-electron chi connectivity index (χ2n) is 8.88. The van der Waals surface area contributed by atoms with Gasteiger partial charge in [0.25, 0.3) is 5.56 Å². The molecule has 2 aromatic heterocycles. The number of nitrogens with one attached hydrogen (secondary N) is 1. The van der Waals surface area contributed by atoms with Gasteiger partial charge in [-0.25, -0.2) is 4.98 Å². The molecule has 32 heavy (non-hydrogen) atoms. The van der Waals surface area contributed by atoms with Crippen molar-refractivity contribution in [2.45, 2.75) is 57.5 Å². The maximum atomic E-state index is 12.8. The zero-order chi connectivity index (χ0) is 22.1. The van der Waals surface area contributed by atoms with Crippen LogP contribution in [0, 0.1) is 0 Å². The van der Waals surface area contributed by atoms with Crippen LogP contribution >= 0.6 is 23.2 Å². The summed E-state index contributed by atoms with van der Waals surface area (Å²) in [5.74, 6) is 1.32. The minimum atomic E-state index is 0.0339. The first-order valence-corrected chi connectivity index (χ1v) is 12.1. The Labute approximate surface area is 197 Å². The van der Waals surface area contributed by atoms with Crippen LogP contribution in [0.15, 0.2) is 41.3 Å². The number of rotatable bonds is 4. The van der Waals surface area contributed by atoms with Crippen LogP contribution in [0.3, 0.4) is 0 Å². The molecule has 1 saturated carbocycles. The van der Waals surface area contributed by atoms with Gasteiger partial charge >= 0.3 is 0 Å². The van der Waals surface area contributed by atoms with Crippen LogP contribution in [-0.2, 0) is 19.5 Å². The fraction of sp³-hybridized carbons (Fsp3) is 0.400. The number of aromatic amines is 1. The average molecular weight is 469 g/mol. The van der Waals surface area contributed by atoms with E-state index in [1.54, 1.807) is 6.07 Å². The minimum absolute atomic E-state index is 0.0339. The Morgan fingerprint density at radius 3 is 2.56 bits per heavy atom. The van der Waals surface area contributed by atoms with E-state index in [1.165, 1.54) is 19.3 Å². The third-order valence-corrected chi connectivity index (χ3v) is 6.98. The van der Waals surface area contributed by atoms with E-state index < -0.39 is 0 Å². The number of H-pyrrole nitrogens is 1. The molecule has 3 heterocycles. The fourth-order valence-electron chi connectivity index (χ4n) is 4.85. The van der Waals surface area contributed by atoms with Gasteiger partial charge in [0, 0.05) is 53.8 Å². The van der Waals surface area contributed by atoms with Crippen LogP contribution in [0.1, 0.15) is 60.7 Å². The number of hydrogen-bond acceptors (Lipinski definition) is 4. The molecular formula is C25H26Cl2N4O. The van der Waals surface area contributed by atoms with Gasteiger partial charge in [0.1, 0.15) is 5.82 Å². The first-order chi connectivity index (χ1) is 15.5. The summed E-state index contributed by atoms with van der Waals surface area (Å²) < 4.78 is 0. The van der Waals surface area contributed by atoms with E-state index in [4.69, 9.17) is 28.2 Å². The molecule has 0 atom stereocenters. The Balaban J connectivity index is 1.28. The largest absolute Gasteiger partial charge is 0.310 e. The number of pyridine rings is 1. The molecule has 0 unspecified atom stereocenters. The second kappa shape index (κ2) is 9.34. The highest BCUT2D eigenvalue weighted by molar-refractivity contribution is 6.35. The molecule has 1 fully saturated rings. The molecule has 0 spiro atoms. The predicted octanol–water partition coefficient (Wildman–Crippen LogP) is 5.74. The highest BCUT2D eigenvalue weighted by Crippen LogP contribution is 2.31. The lowest BCUT2D eigenvalue weighted by Gasteiger charge is -2.28. The number of aromatic nitrogens is 3. The molecule has 1 aromatic carbocycles. The number of hydrogen-bond donors (Lipinski definition) is 1. The van der Waals surface area contributed by atoms with Crippen LogP contribution < -0.4 is 5.56 Å². The van der Waals surface area contributed by atoms with Gasteiger partial charge in [0.05, 0.1) is 17.0 Å². The average Bonchev–Trinajstić information content (AvgIpc) is 2.80. The first-order valence-electron chi connectivity index (χ1n) is 11.3. The summed E-state index contributed by atoms with van der Waals surface area (Å²) >= 11 is 12.2. The molecule has 0 bridgehead atoms. The Morgan fingerprint density at radius 1 is 1.06 bits per heavy atom. The summed E-state index contributed by atoms with van der Waals surface area (Å²) in [6, 6.07) is 9.49. The Morgan fingerprint density at radius 2 is 1.84 bits per heavy atom. The molecule has 1 aliphatic heterocycles. The number of halogens is 2. The molecule has 166 valence electrons. The second-order valence-corrected chi connectivity index (χ2v) is 9.75. The van der Waals surface area contributed by atoms with Gasteiger partial charge in [-0.3, -0.25) is 14.7 Å². The van der Waals surface area contributed by atoms with E-state index in [-0.39, 0.29) is 5.56 Å². The third-order valence-electron chi connectivity index (χ3n) is 6.55. The monoisotopic (exact) mass is 468 g/mol. The van der Waals surface area contributed by atoms with Crippen LogP contribution in [-0.4, -0.2) is 26.4 Å². The fourth-order valence-corrected chi connectivity index (χ4v) is 5.38. The lowest BCUT2D eigenvalue weighted by molar-refractivity contribution is 0.240. The molecule has 0 amide bonds. The summed E-state index contributed by atoms with van der Waals surface area (Å²) in [4.78, 5) is 27.7. The van der Waals surface area contributed by atoms with Crippen molar-refractivity contribution in [3.63, 3.8) is 0 Å². The minimum Gasteiger partial charge on any atom is -0.310 e. The summed E-state index contributed by atoms with van der Waals surface area (Å²) in [7, 11) is 0. The van der Waals surface area contributed by atoms with E-state index in [0.29, 0.717) is 22.5 Å². The van der Waals surface area contributed by atoms with Crippen molar-refractivity contribution in [3.8, 4) is 11.3 Å². The summed E-state index contributed by atoms with van der Waals surface area (Å²) in [6.07, 6.45) is 8.73. The van der Waals surface area contributed by atoms with Crippen LogP contribution in [0.25, 0.3) is 11.3 Å². The van der Waals surface area contributed by atoms with Crippen LogP contribution in [0.2, 0.25) is 10.0 Å². The molecule has 1 aliphatic carbocycles. The van der Waals surface area contributed by atoms with E-state index in [9.17, 15) is 4.79 Å². The quantitative estimate of drug-likeness (QED) is 0.529. The summed E-state index contributed by atoms with van der Waals surface area (Å²) in [5, 5.41) is 1.19. The van der Waals surface area contributed by atoms with Gasteiger partial charge in [-0.2, -0.15) is 0 Å². The highest BCUT2D eigenvalue weighted by atomic mass is 35.5. The molecule has 1 N–H and O–H groups in total. The van der Waals surface area contributed by atoms with Crippen molar-refractivity contribution in [2.24, 2.45) is 0 Å². The van der Waals surface area contributed by atoms with Gasteiger partial charge in [0.2, 0.25) is 0 Å². The van der Waals surface area contributed by atoms with Crippen LogP contribution in [0.4, 0.5) is 0 Å². The SMILES string of the molecule is O=c1[nH]c(C2CCCCC2)nc2c1CN(Cc1ccc(-c3cc(Cl)cc(Cl)c3)nc1)CC2. The molecule has 2 aliphatic rings. The molecule has 3 aromatic rings. The molecule has 0 radical (unpaired) electrons. The van der Waals surface area contributed by atoms with Gasteiger partial charge in [-0.05, 0) is 42.7 Å². The van der Waals surface area contributed by atoms with Gasteiger partial charge in [-0.1, -0.05) is 48.5 Å². The Bertz CT molecular complexity index is 1150. The summed E-state index contributed by atoms with van der Waals surface area (Å²) in [6.45, 7) is 2.25. The maximum Gasteiger partial charge on any atom is 0.255 e. The lowest BCUT2D eigenvalue weighted by atomic mass is 9.88. The highest BCUT2D eigenvalue weighted by Gasteiger charge is 2.24.